The molecule has 0 aliphatic carbocycles. The van der Waals surface area contributed by atoms with Crippen LogP contribution < -0.4 is 14.5 Å². The molecule has 0 bridgehead atoms. The largest absolute Gasteiger partial charge is 0.419 e. The van der Waals surface area contributed by atoms with Gasteiger partial charge in [0.05, 0.1) is 42.6 Å². The van der Waals surface area contributed by atoms with Crippen LogP contribution >= 0.6 is 0 Å². The van der Waals surface area contributed by atoms with Crippen molar-refractivity contribution in [1.82, 2.24) is 9.78 Å². The highest BCUT2D eigenvalue weighted by Gasteiger charge is 2.34. The lowest BCUT2D eigenvalue weighted by Crippen LogP contribution is -2.52. The number of nitrogens with zero attached hydrogens (tertiary/aromatic N) is 5. The van der Waals surface area contributed by atoms with Crippen molar-refractivity contribution in [3.8, 4) is 22.9 Å². The van der Waals surface area contributed by atoms with Gasteiger partial charge in [-0.15, -0.1) is 0 Å². The molecule has 1 aromatic heterocycles. The zero-order chi connectivity index (χ0) is 23.5. The molecule has 1 unspecified atom stereocenters. The van der Waals surface area contributed by atoms with E-state index in [1.807, 2.05) is 25.3 Å². The fourth-order valence-electron chi connectivity index (χ4n) is 3.92. The number of rotatable bonds is 4. The maximum absolute atomic E-state index is 13.2. The van der Waals surface area contributed by atoms with Gasteiger partial charge in [-0.1, -0.05) is 6.07 Å². The number of carbonyl (C=O) groups is 2. The molecule has 2 amide bonds. The number of fused-ring (bicyclic) bond motifs is 1. The lowest BCUT2D eigenvalue weighted by molar-refractivity contribution is -0.117. The van der Waals surface area contributed by atoms with Crippen LogP contribution in [0, 0.1) is 17.1 Å². The average molecular weight is 447 g/mol. The van der Waals surface area contributed by atoms with Gasteiger partial charge in [-0.2, -0.15) is 10.4 Å². The summed E-state index contributed by atoms with van der Waals surface area (Å²) in [5.74, 6) is -0.337. The molecule has 0 spiro atoms. The molecule has 168 valence electrons. The number of aryl methyl sites for hydroxylation is 1. The topological polar surface area (TPSA) is 91.5 Å². The lowest BCUT2D eigenvalue weighted by atomic mass is 10.0. The van der Waals surface area contributed by atoms with Gasteiger partial charge in [-0.05, 0) is 48.9 Å². The third kappa shape index (κ3) is 4.55. The molecule has 33 heavy (non-hydrogen) atoms. The predicted molar refractivity (Wildman–Crippen MR) is 120 cm³/mol. The number of nitriles is 1. The molecule has 0 fully saturated rings. The molecule has 2 heterocycles. The van der Waals surface area contributed by atoms with Gasteiger partial charge in [-0.25, -0.2) is 9.18 Å². The maximum Gasteiger partial charge on any atom is 0.419 e. The van der Waals surface area contributed by atoms with E-state index < -0.39 is 11.9 Å². The minimum Gasteiger partial charge on any atom is -0.410 e. The number of hydrogen-bond acceptors (Lipinski definition) is 5. The van der Waals surface area contributed by atoms with E-state index in [0.717, 1.165) is 11.1 Å². The van der Waals surface area contributed by atoms with Crippen LogP contribution in [0.2, 0.25) is 0 Å². The summed E-state index contributed by atoms with van der Waals surface area (Å²) >= 11 is 0. The van der Waals surface area contributed by atoms with Crippen molar-refractivity contribution in [2.75, 3.05) is 16.3 Å². The summed E-state index contributed by atoms with van der Waals surface area (Å²) in [4.78, 5) is 28.5. The van der Waals surface area contributed by atoms with Crippen molar-refractivity contribution in [3.05, 3.63) is 60.7 Å². The van der Waals surface area contributed by atoms with E-state index in [2.05, 4.69) is 11.2 Å². The van der Waals surface area contributed by atoms with E-state index in [1.165, 1.54) is 36.1 Å². The second kappa shape index (κ2) is 9.12. The first-order valence-corrected chi connectivity index (χ1v) is 10.5. The third-order valence-corrected chi connectivity index (χ3v) is 5.41. The van der Waals surface area contributed by atoms with Crippen LogP contribution in [0.1, 0.15) is 20.3 Å². The first kappa shape index (κ1) is 22.0. The highest BCUT2D eigenvalue weighted by molar-refractivity contribution is 6.03. The lowest BCUT2D eigenvalue weighted by Gasteiger charge is -2.40. The number of benzene rings is 2. The van der Waals surface area contributed by atoms with Gasteiger partial charge in [0.1, 0.15) is 11.6 Å². The van der Waals surface area contributed by atoms with Gasteiger partial charge in [0.25, 0.3) is 0 Å². The fraction of sp³-hybridized carbons (Fsp3) is 0.250. The van der Waals surface area contributed by atoms with Crippen molar-refractivity contribution in [3.63, 3.8) is 0 Å². The smallest absolute Gasteiger partial charge is 0.410 e. The van der Waals surface area contributed by atoms with Crippen LogP contribution in [-0.2, 0) is 11.3 Å². The molecule has 4 rings (SSSR count). The molecule has 1 atom stereocenters. The Balaban J connectivity index is 1.70. The van der Waals surface area contributed by atoms with Crippen molar-refractivity contribution in [2.45, 2.75) is 32.9 Å². The average Bonchev–Trinajstić information content (AvgIpc) is 3.27. The minimum absolute atomic E-state index is 0.132. The Labute approximate surface area is 190 Å². The van der Waals surface area contributed by atoms with Gasteiger partial charge >= 0.3 is 6.09 Å². The number of ether oxygens (including phenoxy) is 1. The summed E-state index contributed by atoms with van der Waals surface area (Å²) in [5, 5.41) is 13.1. The Morgan fingerprint density at radius 1 is 1.18 bits per heavy atom. The Bertz CT molecular complexity index is 1230. The second-order valence-corrected chi connectivity index (χ2v) is 7.77. The van der Waals surface area contributed by atoms with E-state index in [9.17, 15) is 14.0 Å². The fourth-order valence-corrected chi connectivity index (χ4v) is 3.92. The molecule has 0 radical (unpaired) electrons. The zero-order valence-corrected chi connectivity index (χ0v) is 18.2. The Morgan fingerprint density at radius 3 is 2.64 bits per heavy atom. The predicted octanol–water partition coefficient (Wildman–Crippen LogP) is 4.36. The molecular formula is C24H22FN5O3. The van der Waals surface area contributed by atoms with E-state index >= 15 is 0 Å². The summed E-state index contributed by atoms with van der Waals surface area (Å²) in [7, 11) is 0. The van der Waals surface area contributed by atoms with Crippen LogP contribution in [0.25, 0.3) is 11.1 Å². The number of anilines is 2. The summed E-state index contributed by atoms with van der Waals surface area (Å²) < 4.78 is 20.4. The zero-order valence-electron chi connectivity index (χ0n) is 18.2. The van der Waals surface area contributed by atoms with E-state index in [4.69, 9.17) is 10.00 Å². The Morgan fingerprint density at radius 2 is 1.94 bits per heavy atom. The van der Waals surface area contributed by atoms with Gasteiger partial charge in [0.2, 0.25) is 5.91 Å². The standard InChI is InChI=1S/C24H22FN5O3/c1-16-14-29(24(32)33-21-7-5-20(25)6-8-21)23-12-18(4-9-22(23)30(16)17(2)31)19-13-27-28(15-19)11-3-10-26/h4-9,12-13,15-16H,3,11,14H2,1-2H3. The van der Waals surface area contributed by atoms with Crippen molar-refractivity contribution in [2.24, 2.45) is 0 Å². The molecule has 0 N–H and O–H groups in total. The quantitative estimate of drug-likeness (QED) is 0.593. The maximum atomic E-state index is 13.2. The van der Waals surface area contributed by atoms with Gasteiger partial charge in [0.15, 0.2) is 0 Å². The van der Waals surface area contributed by atoms with Crippen molar-refractivity contribution >= 4 is 23.4 Å². The SMILES string of the molecule is CC(=O)N1c2ccc(-c3cnn(CCC#N)c3)cc2N(C(=O)Oc2ccc(F)cc2)CC1C. The van der Waals surface area contributed by atoms with Crippen LogP contribution in [0.3, 0.4) is 0 Å². The van der Waals surface area contributed by atoms with E-state index in [0.29, 0.717) is 24.3 Å². The minimum atomic E-state index is -0.625. The van der Waals surface area contributed by atoms with Crippen LogP contribution in [0.5, 0.6) is 5.75 Å². The summed E-state index contributed by atoms with van der Waals surface area (Å²) in [6, 6.07) is 12.5. The summed E-state index contributed by atoms with van der Waals surface area (Å²) in [6.07, 6.45) is 3.24. The first-order chi connectivity index (χ1) is 15.9. The van der Waals surface area contributed by atoms with Crippen LogP contribution in [-0.4, -0.2) is 34.4 Å². The third-order valence-electron chi connectivity index (χ3n) is 5.41. The molecule has 1 aliphatic heterocycles. The van der Waals surface area contributed by atoms with Crippen LogP contribution in [0.15, 0.2) is 54.9 Å². The molecular weight excluding hydrogens is 425 g/mol. The van der Waals surface area contributed by atoms with E-state index in [-0.39, 0.29) is 24.2 Å². The van der Waals surface area contributed by atoms with Crippen LogP contribution in [0.4, 0.5) is 20.6 Å². The highest BCUT2D eigenvalue weighted by atomic mass is 19.1. The first-order valence-electron chi connectivity index (χ1n) is 10.5. The second-order valence-electron chi connectivity index (χ2n) is 7.77. The monoisotopic (exact) mass is 447 g/mol. The molecule has 0 saturated carbocycles. The summed E-state index contributed by atoms with van der Waals surface area (Å²) in [6.45, 7) is 4.06. The van der Waals surface area contributed by atoms with Gasteiger partial charge < -0.3 is 9.64 Å². The Hall–Kier alpha value is -4.19. The molecule has 8 nitrogen and oxygen atoms in total. The normalized spacial score (nSPS) is 15.0. The number of halogens is 1. The molecule has 3 aromatic rings. The van der Waals surface area contributed by atoms with Gasteiger partial charge in [-0.3, -0.25) is 14.4 Å². The molecule has 2 aromatic carbocycles. The number of aromatic nitrogens is 2. The summed E-state index contributed by atoms with van der Waals surface area (Å²) in [5.41, 5.74) is 2.74. The highest BCUT2D eigenvalue weighted by Crippen LogP contribution is 2.39. The van der Waals surface area contributed by atoms with Gasteiger partial charge in [0, 0.05) is 25.2 Å². The number of hydrogen-bond donors (Lipinski definition) is 0. The number of amides is 2. The molecule has 1 aliphatic rings. The van der Waals surface area contributed by atoms with Crippen molar-refractivity contribution < 1.29 is 18.7 Å². The van der Waals surface area contributed by atoms with E-state index in [1.54, 1.807) is 21.8 Å². The number of carbonyl (C=O) groups excluding carboxylic acids is 2. The Kier molecular flexibility index (Phi) is 6.09. The van der Waals surface area contributed by atoms with Crippen molar-refractivity contribution in [1.29, 1.82) is 5.26 Å². The molecule has 0 saturated heterocycles. The molecule has 9 heteroatoms.